The largest absolute Gasteiger partial charge is 0.389 e. The number of aliphatic hydroxyl groups is 1. The van der Waals surface area contributed by atoms with E-state index in [9.17, 15) is 9.90 Å². The predicted octanol–water partition coefficient (Wildman–Crippen LogP) is 2.06. The third-order valence-electron chi connectivity index (χ3n) is 4.13. The lowest BCUT2D eigenvalue weighted by molar-refractivity contribution is 0.0522. The molecule has 1 fully saturated rings. The fraction of sp³-hybridized carbons (Fsp3) is 0.611. The van der Waals surface area contributed by atoms with Gasteiger partial charge in [-0.2, -0.15) is 0 Å². The number of carbonyl (C=O) groups is 1. The molecule has 0 spiro atoms. The molecule has 0 aliphatic carbocycles. The highest BCUT2D eigenvalue weighted by Crippen LogP contribution is 2.14. The number of nitrogens with one attached hydrogen (secondary N) is 1. The Morgan fingerprint density at radius 2 is 1.91 bits per heavy atom. The number of hydrogen-bond acceptors (Lipinski definition) is 3. The van der Waals surface area contributed by atoms with Crippen molar-refractivity contribution in [3.05, 3.63) is 35.9 Å². The first kappa shape index (κ1) is 17.8. The molecule has 1 aliphatic rings. The molecule has 23 heavy (non-hydrogen) atoms. The third kappa shape index (κ3) is 6.20. The lowest BCUT2D eigenvalue weighted by Gasteiger charge is -2.34. The number of nitrogens with zero attached hydrogens (tertiary/aromatic N) is 2. The second kappa shape index (κ2) is 7.79. The molecule has 1 aromatic carbocycles. The standard InChI is InChI=1S/C18H29N3O2/c1-18(2,23)14-20(3)17(22)19-16-9-11-21(12-10-16)13-15-7-5-4-6-8-15/h4-8,16,23H,9-14H2,1-3H3,(H,19,22). The molecule has 2 N–H and O–H groups in total. The molecule has 0 aromatic heterocycles. The molecule has 0 atom stereocenters. The molecule has 0 saturated carbocycles. The number of hydrogen-bond donors (Lipinski definition) is 2. The Morgan fingerprint density at radius 1 is 1.30 bits per heavy atom. The van der Waals surface area contributed by atoms with Gasteiger partial charge in [-0.05, 0) is 32.3 Å². The van der Waals surface area contributed by atoms with E-state index < -0.39 is 5.60 Å². The van der Waals surface area contributed by atoms with Crippen LogP contribution in [0.5, 0.6) is 0 Å². The van der Waals surface area contributed by atoms with Crippen LogP contribution in [0.15, 0.2) is 30.3 Å². The van der Waals surface area contributed by atoms with Crippen LogP contribution >= 0.6 is 0 Å². The molecule has 128 valence electrons. The maximum atomic E-state index is 12.2. The lowest BCUT2D eigenvalue weighted by atomic mass is 10.0. The Labute approximate surface area is 139 Å². The molecule has 1 heterocycles. The van der Waals surface area contributed by atoms with E-state index in [4.69, 9.17) is 0 Å². The molecule has 0 bridgehead atoms. The van der Waals surface area contributed by atoms with Crippen molar-refractivity contribution in [3.63, 3.8) is 0 Å². The molecule has 2 rings (SSSR count). The minimum Gasteiger partial charge on any atom is -0.389 e. The summed E-state index contributed by atoms with van der Waals surface area (Å²) in [6.45, 7) is 6.70. The summed E-state index contributed by atoms with van der Waals surface area (Å²) in [5.74, 6) is 0. The van der Waals surface area contributed by atoms with Gasteiger partial charge in [-0.25, -0.2) is 4.79 Å². The number of urea groups is 1. The summed E-state index contributed by atoms with van der Waals surface area (Å²) >= 11 is 0. The van der Waals surface area contributed by atoms with Gasteiger partial charge < -0.3 is 15.3 Å². The van der Waals surface area contributed by atoms with Crippen LogP contribution in [-0.4, -0.2) is 59.3 Å². The summed E-state index contributed by atoms with van der Waals surface area (Å²) in [5, 5.41) is 12.9. The van der Waals surface area contributed by atoms with Gasteiger partial charge in [0.05, 0.1) is 12.1 Å². The number of piperidine rings is 1. The zero-order valence-electron chi connectivity index (χ0n) is 14.5. The smallest absolute Gasteiger partial charge is 0.317 e. The van der Waals surface area contributed by atoms with Gasteiger partial charge in [0.15, 0.2) is 0 Å². The molecular formula is C18H29N3O2. The highest BCUT2D eigenvalue weighted by molar-refractivity contribution is 5.74. The van der Waals surface area contributed by atoms with Gasteiger partial charge in [-0.15, -0.1) is 0 Å². The zero-order valence-corrected chi connectivity index (χ0v) is 14.5. The SMILES string of the molecule is CN(CC(C)(C)O)C(=O)NC1CCN(Cc2ccccc2)CC1. The monoisotopic (exact) mass is 319 g/mol. The van der Waals surface area contributed by atoms with Gasteiger partial charge >= 0.3 is 6.03 Å². The first-order chi connectivity index (χ1) is 10.8. The highest BCUT2D eigenvalue weighted by Gasteiger charge is 2.24. The fourth-order valence-corrected chi connectivity index (χ4v) is 3.01. The number of amides is 2. The van der Waals surface area contributed by atoms with E-state index in [1.165, 1.54) is 5.56 Å². The predicted molar refractivity (Wildman–Crippen MR) is 92.2 cm³/mol. The Morgan fingerprint density at radius 3 is 2.48 bits per heavy atom. The van der Waals surface area contributed by atoms with Gasteiger partial charge in [-0.3, -0.25) is 4.90 Å². The first-order valence-corrected chi connectivity index (χ1v) is 8.34. The van der Waals surface area contributed by atoms with Crippen molar-refractivity contribution in [2.24, 2.45) is 0 Å². The topological polar surface area (TPSA) is 55.8 Å². The van der Waals surface area contributed by atoms with Crippen molar-refractivity contribution in [2.45, 2.75) is 44.9 Å². The van der Waals surface area contributed by atoms with E-state index in [0.717, 1.165) is 32.5 Å². The molecular weight excluding hydrogens is 290 g/mol. The summed E-state index contributed by atoms with van der Waals surface area (Å²) < 4.78 is 0. The Bertz CT molecular complexity index is 491. The van der Waals surface area contributed by atoms with Crippen molar-refractivity contribution in [1.29, 1.82) is 0 Å². The first-order valence-electron chi connectivity index (χ1n) is 8.34. The molecule has 0 unspecified atom stereocenters. The van der Waals surface area contributed by atoms with Gasteiger partial charge in [-0.1, -0.05) is 30.3 Å². The van der Waals surface area contributed by atoms with E-state index >= 15 is 0 Å². The average molecular weight is 319 g/mol. The van der Waals surface area contributed by atoms with Crippen LogP contribution in [0.4, 0.5) is 4.79 Å². The Kier molecular flexibility index (Phi) is 6.02. The van der Waals surface area contributed by atoms with E-state index in [0.29, 0.717) is 6.54 Å². The zero-order chi connectivity index (χ0) is 16.9. The lowest BCUT2D eigenvalue weighted by Crippen LogP contribution is -2.50. The molecule has 5 nitrogen and oxygen atoms in total. The van der Waals surface area contributed by atoms with Gasteiger partial charge in [0.1, 0.15) is 0 Å². The van der Waals surface area contributed by atoms with Crippen LogP contribution in [0.1, 0.15) is 32.3 Å². The van der Waals surface area contributed by atoms with Crippen LogP contribution in [-0.2, 0) is 6.54 Å². The van der Waals surface area contributed by atoms with Crippen molar-refractivity contribution in [1.82, 2.24) is 15.1 Å². The van der Waals surface area contributed by atoms with Crippen LogP contribution in [0.3, 0.4) is 0 Å². The number of rotatable bonds is 5. The van der Waals surface area contributed by atoms with Crippen molar-refractivity contribution in [2.75, 3.05) is 26.7 Å². The maximum absolute atomic E-state index is 12.2. The summed E-state index contributed by atoms with van der Waals surface area (Å²) in [6.07, 6.45) is 1.93. The minimum atomic E-state index is -0.870. The fourth-order valence-electron chi connectivity index (χ4n) is 3.01. The molecule has 2 amide bonds. The number of likely N-dealkylation sites (N-methyl/N-ethyl adjacent to an activating group) is 1. The van der Waals surface area contributed by atoms with Crippen LogP contribution in [0.25, 0.3) is 0 Å². The summed E-state index contributed by atoms with van der Waals surface area (Å²) in [6, 6.07) is 10.6. The van der Waals surface area contributed by atoms with Crippen LogP contribution in [0.2, 0.25) is 0 Å². The van der Waals surface area contributed by atoms with E-state index in [1.54, 1.807) is 25.8 Å². The Hall–Kier alpha value is -1.59. The number of benzene rings is 1. The van der Waals surface area contributed by atoms with Crippen molar-refractivity contribution in [3.8, 4) is 0 Å². The van der Waals surface area contributed by atoms with E-state index in [1.807, 2.05) is 6.07 Å². The number of likely N-dealkylation sites (tertiary alicyclic amines) is 1. The average Bonchev–Trinajstić information content (AvgIpc) is 2.48. The summed E-state index contributed by atoms with van der Waals surface area (Å²) in [7, 11) is 1.72. The summed E-state index contributed by atoms with van der Waals surface area (Å²) in [5.41, 5.74) is 0.463. The minimum absolute atomic E-state index is 0.103. The van der Waals surface area contributed by atoms with E-state index in [-0.39, 0.29) is 12.1 Å². The molecule has 1 aliphatic heterocycles. The van der Waals surface area contributed by atoms with Crippen LogP contribution < -0.4 is 5.32 Å². The van der Waals surface area contributed by atoms with Gasteiger partial charge in [0.2, 0.25) is 0 Å². The molecule has 1 saturated heterocycles. The third-order valence-corrected chi connectivity index (χ3v) is 4.13. The second-order valence-corrected chi connectivity index (χ2v) is 7.15. The quantitative estimate of drug-likeness (QED) is 0.873. The van der Waals surface area contributed by atoms with Gasteiger partial charge in [0, 0.05) is 32.7 Å². The molecule has 1 aromatic rings. The van der Waals surface area contributed by atoms with Crippen molar-refractivity contribution < 1.29 is 9.90 Å². The molecule has 5 heteroatoms. The molecule has 0 radical (unpaired) electrons. The van der Waals surface area contributed by atoms with E-state index in [2.05, 4.69) is 34.5 Å². The second-order valence-electron chi connectivity index (χ2n) is 7.15. The normalized spacial score (nSPS) is 17.0. The van der Waals surface area contributed by atoms with Crippen molar-refractivity contribution >= 4 is 6.03 Å². The van der Waals surface area contributed by atoms with Gasteiger partial charge in [0.25, 0.3) is 0 Å². The Balaban J connectivity index is 1.73. The summed E-state index contributed by atoms with van der Waals surface area (Å²) in [4.78, 5) is 16.1. The van der Waals surface area contributed by atoms with Crippen LogP contribution in [0, 0.1) is 0 Å². The highest BCUT2D eigenvalue weighted by atomic mass is 16.3. The maximum Gasteiger partial charge on any atom is 0.317 e. The number of carbonyl (C=O) groups excluding carboxylic acids is 1.